The minimum absolute atomic E-state index is 0.0506. The summed E-state index contributed by atoms with van der Waals surface area (Å²) in [6, 6.07) is 14.9. The van der Waals surface area contributed by atoms with Crippen LogP contribution in [0.25, 0.3) is 0 Å². The van der Waals surface area contributed by atoms with E-state index in [1.807, 2.05) is 48.5 Å². The van der Waals surface area contributed by atoms with Crippen molar-refractivity contribution in [2.75, 3.05) is 58.3 Å². The lowest BCUT2D eigenvalue weighted by Crippen LogP contribution is -3.28. The molecule has 0 aliphatic carbocycles. The van der Waals surface area contributed by atoms with Gasteiger partial charge in [-0.1, -0.05) is 11.6 Å². The number of nitrogens with one attached hydrogen (secondary N) is 3. The van der Waals surface area contributed by atoms with Gasteiger partial charge >= 0.3 is 0 Å². The Labute approximate surface area is 171 Å². The average Bonchev–Trinajstić information content (AvgIpc) is 2.71. The summed E-state index contributed by atoms with van der Waals surface area (Å²) in [7, 11) is 1.63. The molecule has 0 atom stereocenters. The van der Waals surface area contributed by atoms with E-state index in [9.17, 15) is 4.79 Å². The van der Waals surface area contributed by atoms with E-state index in [-0.39, 0.29) is 5.91 Å². The van der Waals surface area contributed by atoms with Gasteiger partial charge in [-0.25, -0.2) is 0 Å². The molecule has 28 heavy (non-hydrogen) atoms. The molecule has 1 amide bonds. The maximum atomic E-state index is 12.3. The van der Waals surface area contributed by atoms with Crippen molar-refractivity contribution >= 4 is 23.2 Å². The quantitative estimate of drug-likeness (QED) is 0.586. The molecule has 0 unspecified atom stereocenters. The van der Waals surface area contributed by atoms with E-state index in [0.717, 1.165) is 49.9 Å². The monoisotopic (exact) mass is 405 g/mol. The summed E-state index contributed by atoms with van der Waals surface area (Å²) in [5.41, 5.74) is 0.800. The van der Waals surface area contributed by atoms with E-state index in [2.05, 4.69) is 5.32 Å². The molecule has 1 aliphatic heterocycles. The standard InChI is InChI=1S/C21H26ClN3O3/c1-27-19-8-4-18(5-9-19)23-21(26)16-25-12-10-24(11-13-25)14-15-28-20-6-2-17(22)3-7-20/h2-9H,10-16H2,1H3,(H,23,26)/p+2. The molecule has 0 spiro atoms. The second-order valence-corrected chi connectivity index (χ2v) is 7.44. The van der Waals surface area contributed by atoms with Crippen LogP contribution in [0.2, 0.25) is 5.02 Å². The molecule has 3 N–H and O–H groups in total. The van der Waals surface area contributed by atoms with Crippen LogP contribution < -0.4 is 24.6 Å². The van der Waals surface area contributed by atoms with E-state index in [0.29, 0.717) is 18.2 Å². The van der Waals surface area contributed by atoms with Crippen LogP contribution in [0.5, 0.6) is 11.5 Å². The number of rotatable bonds is 8. The zero-order valence-electron chi connectivity index (χ0n) is 16.2. The Bertz CT molecular complexity index is 744. The van der Waals surface area contributed by atoms with Crippen LogP contribution in [0.4, 0.5) is 5.69 Å². The lowest BCUT2D eigenvalue weighted by molar-refractivity contribution is -1.01. The number of quaternary nitrogens is 2. The van der Waals surface area contributed by atoms with Gasteiger partial charge in [0.15, 0.2) is 6.54 Å². The number of piperazine rings is 1. The fraction of sp³-hybridized carbons (Fsp3) is 0.381. The number of carbonyl (C=O) groups excluding carboxylic acids is 1. The first-order valence-electron chi connectivity index (χ1n) is 9.62. The Morgan fingerprint density at radius 2 is 1.57 bits per heavy atom. The summed E-state index contributed by atoms with van der Waals surface area (Å²) in [4.78, 5) is 15.1. The number of carbonyl (C=O) groups is 1. The van der Waals surface area contributed by atoms with Gasteiger partial charge in [0.05, 0.1) is 7.11 Å². The van der Waals surface area contributed by atoms with Crippen molar-refractivity contribution in [3.8, 4) is 11.5 Å². The molecule has 3 rings (SSSR count). The fourth-order valence-corrected chi connectivity index (χ4v) is 3.46. The molecule has 6 nitrogen and oxygen atoms in total. The second kappa shape index (κ2) is 10.3. The molecule has 0 saturated carbocycles. The van der Waals surface area contributed by atoms with Crippen molar-refractivity contribution in [1.82, 2.24) is 0 Å². The Balaban J connectivity index is 1.33. The molecule has 0 radical (unpaired) electrons. The summed E-state index contributed by atoms with van der Waals surface area (Å²) in [6.45, 7) is 6.24. The van der Waals surface area contributed by atoms with Crippen LogP contribution in [-0.2, 0) is 4.79 Å². The van der Waals surface area contributed by atoms with Crippen molar-refractivity contribution in [2.24, 2.45) is 0 Å². The Morgan fingerprint density at radius 3 is 2.21 bits per heavy atom. The van der Waals surface area contributed by atoms with Crippen LogP contribution in [0, 0.1) is 0 Å². The van der Waals surface area contributed by atoms with Gasteiger partial charge in [-0.05, 0) is 48.5 Å². The third-order valence-electron chi connectivity index (χ3n) is 4.99. The van der Waals surface area contributed by atoms with Gasteiger partial charge in [0.1, 0.15) is 50.8 Å². The highest BCUT2D eigenvalue weighted by atomic mass is 35.5. The smallest absolute Gasteiger partial charge is 0.279 e. The molecule has 2 aromatic rings. The van der Waals surface area contributed by atoms with Crippen molar-refractivity contribution in [3.05, 3.63) is 53.6 Å². The number of ether oxygens (including phenoxy) is 2. The van der Waals surface area contributed by atoms with Gasteiger partial charge in [0.25, 0.3) is 5.91 Å². The molecular formula is C21H28ClN3O3+2. The predicted molar refractivity (Wildman–Crippen MR) is 110 cm³/mol. The van der Waals surface area contributed by atoms with E-state index < -0.39 is 0 Å². The van der Waals surface area contributed by atoms with Crippen LogP contribution in [0.3, 0.4) is 0 Å². The topological polar surface area (TPSA) is 56.4 Å². The minimum atomic E-state index is 0.0506. The Morgan fingerprint density at radius 1 is 0.964 bits per heavy atom. The molecule has 7 heteroatoms. The molecule has 1 saturated heterocycles. The van der Waals surface area contributed by atoms with E-state index in [1.54, 1.807) is 7.11 Å². The van der Waals surface area contributed by atoms with Crippen molar-refractivity contribution in [3.63, 3.8) is 0 Å². The highest BCUT2D eigenvalue weighted by Gasteiger charge is 2.24. The van der Waals surface area contributed by atoms with Gasteiger partial charge in [-0.3, -0.25) is 4.79 Å². The predicted octanol–water partition coefficient (Wildman–Crippen LogP) is 0.150. The second-order valence-electron chi connectivity index (χ2n) is 7.01. The van der Waals surface area contributed by atoms with Crippen LogP contribution >= 0.6 is 11.6 Å². The van der Waals surface area contributed by atoms with Crippen molar-refractivity contribution in [2.45, 2.75) is 0 Å². The number of methoxy groups -OCH3 is 1. The summed E-state index contributed by atoms with van der Waals surface area (Å²) < 4.78 is 10.9. The Kier molecular flexibility index (Phi) is 7.54. The van der Waals surface area contributed by atoms with Gasteiger partial charge in [0, 0.05) is 10.7 Å². The number of anilines is 1. The van der Waals surface area contributed by atoms with Gasteiger partial charge in [-0.2, -0.15) is 0 Å². The van der Waals surface area contributed by atoms with E-state index in [1.165, 1.54) is 9.80 Å². The number of amides is 1. The van der Waals surface area contributed by atoms with Gasteiger partial charge in [-0.15, -0.1) is 0 Å². The summed E-state index contributed by atoms with van der Waals surface area (Å²) >= 11 is 5.88. The largest absolute Gasteiger partial charge is 0.497 e. The van der Waals surface area contributed by atoms with Gasteiger partial charge in [0.2, 0.25) is 0 Å². The minimum Gasteiger partial charge on any atom is -0.497 e. The van der Waals surface area contributed by atoms with Crippen molar-refractivity contribution < 1.29 is 24.1 Å². The van der Waals surface area contributed by atoms with Crippen LogP contribution in [-0.4, -0.2) is 58.9 Å². The summed E-state index contributed by atoms with van der Waals surface area (Å²) in [5.74, 6) is 1.68. The molecule has 1 aliphatic rings. The number of hydrogen-bond donors (Lipinski definition) is 3. The van der Waals surface area contributed by atoms with E-state index in [4.69, 9.17) is 21.1 Å². The van der Waals surface area contributed by atoms with Crippen LogP contribution in [0.1, 0.15) is 0 Å². The first-order chi connectivity index (χ1) is 13.6. The normalized spacial score (nSPS) is 19.1. The first-order valence-corrected chi connectivity index (χ1v) is 9.99. The molecule has 1 fully saturated rings. The summed E-state index contributed by atoms with van der Waals surface area (Å²) in [5, 5.41) is 3.67. The fourth-order valence-electron chi connectivity index (χ4n) is 3.33. The number of hydrogen-bond acceptors (Lipinski definition) is 3. The maximum Gasteiger partial charge on any atom is 0.279 e. The molecular weight excluding hydrogens is 378 g/mol. The zero-order valence-corrected chi connectivity index (χ0v) is 16.9. The lowest BCUT2D eigenvalue weighted by Gasteiger charge is -2.29. The first kappa shape index (κ1) is 20.5. The average molecular weight is 406 g/mol. The highest BCUT2D eigenvalue weighted by Crippen LogP contribution is 2.15. The number of halogens is 1. The highest BCUT2D eigenvalue weighted by molar-refractivity contribution is 6.30. The van der Waals surface area contributed by atoms with Gasteiger partial charge < -0.3 is 24.6 Å². The summed E-state index contributed by atoms with van der Waals surface area (Å²) in [6.07, 6.45) is 0. The SMILES string of the molecule is COc1ccc(NC(=O)C[NH+]2CC[NH+](CCOc3ccc(Cl)cc3)CC2)cc1. The maximum absolute atomic E-state index is 12.3. The molecule has 1 heterocycles. The Hall–Kier alpha value is -2.28. The van der Waals surface area contributed by atoms with Crippen molar-refractivity contribution in [1.29, 1.82) is 0 Å². The lowest BCUT2D eigenvalue weighted by atomic mass is 10.3. The number of benzene rings is 2. The molecule has 0 bridgehead atoms. The van der Waals surface area contributed by atoms with E-state index >= 15 is 0 Å². The molecule has 0 aromatic heterocycles. The molecule has 150 valence electrons. The molecule has 2 aromatic carbocycles. The third-order valence-corrected chi connectivity index (χ3v) is 5.24. The third kappa shape index (κ3) is 6.41. The van der Waals surface area contributed by atoms with Crippen LogP contribution in [0.15, 0.2) is 48.5 Å². The zero-order chi connectivity index (χ0) is 19.8.